The van der Waals surface area contributed by atoms with Crippen molar-refractivity contribution in [1.29, 1.82) is 0 Å². The number of aldehydes is 1. The first kappa shape index (κ1) is 10.7. The van der Waals surface area contributed by atoms with Gasteiger partial charge in [-0.3, -0.25) is 14.9 Å². The molecule has 0 aliphatic heterocycles. The third-order valence-corrected chi connectivity index (χ3v) is 1.84. The molecule has 0 spiro atoms. The molecule has 0 atom stereocenters. The Morgan fingerprint density at radius 3 is 2.73 bits per heavy atom. The maximum absolute atomic E-state index is 10.6. The molecule has 0 aromatic heterocycles. The van der Waals surface area contributed by atoms with Crippen LogP contribution < -0.4 is 5.73 Å². The van der Waals surface area contributed by atoms with Gasteiger partial charge in [-0.2, -0.15) is 0 Å². The Kier molecular flexibility index (Phi) is 3.03. The third kappa shape index (κ3) is 2.31. The van der Waals surface area contributed by atoms with Crippen molar-refractivity contribution in [2.75, 3.05) is 5.73 Å². The lowest BCUT2D eigenvalue weighted by Gasteiger charge is -2.01. The topological polar surface area (TPSA) is 86.2 Å². The molecular weight excluding hydrogens is 196 g/mol. The van der Waals surface area contributed by atoms with Crippen LogP contribution in [0, 0.1) is 28.9 Å². The fourth-order valence-corrected chi connectivity index (χ4v) is 1.12. The van der Waals surface area contributed by atoms with E-state index in [4.69, 9.17) is 5.73 Å². The lowest BCUT2D eigenvalue weighted by atomic mass is 10.1. The molecule has 5 heteroatoms. The average Bonchev–Trinajstić information content (AvgIpc) is 2.19. The first-order valence-corrected chi connectivity index (χ1v) is 4.06. The van der Waals surface area contributed by atoms with Crippen LogP contribution in [0.4, 0.5) is 11.4 Å². The number of carbonyl (C=O) groups excluding carboxylic acids is 1. The van der Waals surface area contributed by atoms with E-state index in [1.165, 1.54) is 6.07 Å². The van der Waals surface area contributed by atoms with E-state index in [2.05, 4.69) is 11.8 Å². The van der Waals surface area contributed by atoms with E-state index in [1.807, 2.05) is 0 Å². The standard InChI is InChI=1S/C10H8N2O3/c1-7-5-8(3-2-4-13)6-9(10(7)11)12(14)15/h4-6H,11H2,1H3. The highest BCUT2D eigenvalue weighted by Crippen LogP contribution is 2.26. The molecule has 0 bridgehead atoms. The molecule has 1 rings (SSSR count). The Balaban J connectivity index is 3.35. The molecule has 0 heterocycles. The Hall–Kier alpha value is -2.35. The van der Waals surface area contributed by atoms with Crippen molar-refractivity contribution in [1.82, 2.24) is 0 Å². The lowest BCUT2D eigenvalue weighted by molar-refractivity contribution is -0.383. The predicted molar refractivity (Wildman–Crippen MR) is 55.2 cm³/mol. The Morgan fingerprint density at radius 2 is 2.20 bits per heavy atom. The second-order valence-electron chi connectivity index (χ2n) is 2.87. The molecule has 0 aliphatic rings. The first-order valence-electron chi connectivity index (χ1n) is 4.06. The van der Waals surface area contributed by atoms with E-state index in [0.717, 1.165) is 0 Å². The molecule has 0 saturated carbocycles. The van der Waals surface area contributed by atoms with Crippen molar-refractivity contribution >= 4 is 17.7 Å². The molecule has 0 amide bonds. The smallest absolute Gasteiger partial charge is 0.293 e. The van der Waals surface area contributed by atoms with Gasteiger partial charge in [0.1, 0.15) is 5.69 Å². The zero-order valence-corrected chi connectivity index (χ0v) is 7.98. The lowest BCUT2D eigenvalue weighted by Crippen LogP contribution is -1.98. The van der Waals surface area contributed by atoms with E-state index in [9.17, 15) is 14.9 Å². The fourth-order valence-electron chi connectivity index (χ4n) is 1.12. The zero-order chi connectivity index (χ0) is 11.4. The quantitative estimate of drug-likeness (QED) is 0.243. The summed E-state index contributed by atoms with van der Waals surface area (Å²) in [6.45, 7) is 1.65. The monoisotopic (exact) mass is 204 g/mol. The van der Waals surface area contributed by atoms with E-state index < -0.39 is 4.92 Å². The third-order valence-electron chi connectivity index (χ3n) is 1.84. The number of carbonyl (C=O) groups is 1. The van der Waals surface area contributed by atoms with Gasteiger partial charge in [-0.05, 0) is 24.5 Å². The fraction of sp³-hybridized carbons (Fsp3) is 0.100. The molecule has 1 aromatic rings. The highest BCUT2D eigenvalue weighted by atomic mass is 16.6. The SMILES string of the molecule is Cc1cc(C#CC=O)cc([N+](=O)[O-])c1N. The van der Waals surface area contributed by atoms with Gasteiger partial charge in [0.2, 0.25) is 0 Å². The summed E-state index contributed by atoms with van der Waals surface area (Å²) in [4.78, 5) is 20.0. The van der Waals surface area contributed by atoms with Gasteiger partial charge in [0.15, 0.2) is 6.29 Å². The summed E-state index contributed by atoms with van der Waals surface area (Å²) in [6.07, 6.45) is 0.428. The van der Waals surface area contributed by atoms with Crippen molar-refractivity contribution in [2.45, 2.75) is 6.92 Å². The van der Waals surface area contributed by atoms with Crippen molar-refractivity contribution in [3.63, 3.8) is 0 Å². The van der Waals surface area contributed by atoms with Crippen molar-refractivity contribution in [2.24, 2.45) is 0 Å². The number of nitro benzene ring substituents is 1. The normalized spacial score (nSPS) is 8.87. The van der Waals surface area contributed by atoms with Crippen molar-refractivity contribution < 1.29 is 9.72 Å². The molecule has 0 aliphatic carbocycles. The van der Waals surface area contributed by atoms with Gasteiger partial charge < -0.3 is 5.73 Å². The van der Waals surface area contributed by atoms with Gasteiger partial charge in [0.05, 0.1) is 4.92 Å². The molecule has 76 valence electrons. The van der Waals surface area contributed by atoms with E-state index in [0.29, 0.717) is 17.4 Å². The summed E-state index contributed by atoms with van der Waals surface area (Å²) >= 11 is 0. The number of anilines is 1. The van der Waals surface area contributed by atoms with Crippen LogP contribution in [0.25, 0.3) is 0 Å². The van der Waals surface area contributed by atoms with Gasteiger partial charge in [-0.15, -0.1) is 0 Å². The summed E-state index contributed by atoms with van der Waals surface area (Å²) in [6, 6.07) is 2.84. The molecule has 0 fully saturated rings. The number of hydrogen-bond donors (Lipinski definition) is 1. The van der Waals surface area contributed by atoms with Crippen LogP contribution >= 0.6 is 0 Å². The molecule has 15 heavy (non-hydrogen) atoms. The second-order valence-corrected chi connectivity index (χ2v) is 2.87. The van der Waals surface area contributed by atoms with Crippen molar-refractivity contribution in [3.05, 3.63) is 33.4 Å². The van der Waals surface area contributed by atoms with Crippen molar-refractivity contribution in [3.8, 4) is 11.8 Å². The predicted octanol–water partition coefficient (Wildman–Crippen LogP) is 1.04. The summed E-state index contributed by atoms with van der Waals surface area (Å²) in [5.74, 6) is 4.66. The summed E-state index contributed by atoms with van der Waals surface area (Å²) in [7, 11) is 0. The molecule has 2 N–H and O–H groups in total. The maximum atomic E-state index is 10.6. The summed E-state index contributed by atoms with van der Waals surface area (Å²) in [5, 5.41) is 10.6. The minimum atomic E-state index is -0.575. The number of nitro groups is 1. The molecule has 5 nitrogen and oxygen atoms in total. The summed E-state index contributed by atoms with van der Waals surface area (Å²) < 4.78 is 0. The molecule has 0 unspecified atom stereocenters. The number of aryl methyl sites for hydroxylation is 1. The number of nitrogen functional groups attached to an aromatic ring is 1. The average molecular weight is 204 g/mol. The highest BCUT2D eigenvalue weighted by molar-refractivity contribution is 5.75. The first-order chi connectivity index (χ1) is 7.06. The number of nitrogens with two attached hydrogens (primary N) is 1. The maximum Gasteiger partial charge on any atom is 0.293 e. The van der Waals surface area contributed by atoms with Crippen LogP contribution in [0.3, 0.4) is 0 Å². The van der Waals surface area contributed by atoms with Gasteiger partial charge >= 0.3 is 0 Å². The van der Waals surface area contributed by atoms with Crippen LogP contribution in [-0.4, -0.2) is 11.2 Å². The van der Waals surface area contributed by atoms with E-state index >= 15 is 0 Å². The van der Waals surface area contributed by atoms with Crippen LogP contribution in [-0.2, 0) is 4.79 Å². The van der Waals surface area contributed by atoms with E-state index in [1.54, 1.807) is 13.0 Å². The van der Waals surface area contributed by atoms with Crippen LogP contribution in [0.2, 0.25) is 0 Å². The van der Waals surface area contributed by atoms with Gasteiger partial charge in [-0.1, -0.05) is 5.92 Å². The zero-order valence-electron chi connectivity index (χ0n) is 7.98. The van der Waals surface area contributed by atoms with Crippen LogP contribution in [0.5, 0.6) is 0 Å². The largest absolute Gasteiger partial charge is 0.393 e. The van der Waals surface area contributed by atoms with E-state index in [-0.39, 0.29) is 11.4 Å². The second kappa shape index (κ2) is 4.24. The molecular formula is C10H8N2O3. The van der Waals surface area contributed by atoms with Gasteiger partial charge in [0.25, 0.3) is 5.69 Å². The number of benzene rings is 1. The summed E-state index contributed by atoms with van der Waals surface area (Å²) in [5.41, 5.74) is 6.43. The molecule has 0 radical (unpaired) electrons. The Labute approximate surface area is 86.0 Å². The molecule has 0 saturated heterocycles. The minimum Gasteiger partial charge on any atom is -0.393 e. The number of hydrogen-bond acceptors (Lipinski definition) is 4. The Morgan fingerprint density at radius 1 is 1.53 bits per heavy atom. The van der Waals surface area contributed by atoms with Crippen LogP contribution in [0.1, 0.15) is 11.1 Å². The highest BCUT2D eigenvalue weighted by Gasteiger charge is 2.14. The number of rotatable bonds is 1. The van der Waals surface area contributed by atoms with Gasteiger partial charge in [0, 0.05) is 11.6 Å². The Bertz CT molecular complexity index is 483. The van der Waals surface area contributed by atoms with Gasteiger partial charge in [-0.25, -0.2) is 0 Å². The molecule has 1 aromatic carbocycles. The number of nitrogens with zero attached hydrogens (tertiary/aromatic N) is 1. The minimum absolute atomic E-state index is 0.122. The van der Waals surface area contributed by atoms with Crippen LogP contribution in [0.15, 0.2) is 12.1 Å².